The third-order valence-corrected chi connectivity index (χ3v) is 5.47. The fourth-order valence-corrected chi connectivity index (χ4v) is 3.70. The number of nitrogens with zero attached hydrogens (tertiary/aromatic N) is 4. The second-order valence-electron chi connectivity index (χ2n) is 7.51. The van der Waals surface area contributed by atoms with Crippen LogP contribution in [0.5, 0.6) is 5.75 Å². The monoisotopic (exact) mass is 540 g/mol. The van der Waals surface area contributed by atoms with Crippen molar-refractivity contribution in [2.45, 2.75) is 26.3 Å². The molecule has 0 aliphatic carbocycles. The predicted molar refractivity (Wildman–Crippen MR) is 133 cm³/mol. The van der Waals surface area contributed by atoms with Gasteiger partial charge < -0.3 is 24.8 Å². The van der Waals surface area contributed by atoms with Gasteiger partial charge in [0.2, 0.25) is 0 Å². The number of carbonyl (C=O) groups excluding carboxylic acids is 1. The van der Waals surface area contributed by atoms with Gasteiger partial charge >= 0.3 is 0 Å². The van der Waals surface area contributed by atoms with Crippen molar-refractivity contribution in [3.05, 3.63) is 48.5 Å². The van der Waals surface area contributed by atoms with Crippen molar-refractivity contribution >= 4 is 35.8 Å². The number of carbonyl (C=O) groups is 1. The summed E-state index contributed by atoms with van der Waals surface area (Å²) in [7, 11) is 1.61. The number of halogens is 1. The van der Waals surface area contributed by atoms with Gasteiger partial charge in [0.25, 0.3) is 5.91 Å². The number of aliphatic imine (C=N–C) groups is 1. The van der Waals surface area contributed by atoms with Crippen molar-refractivity contribution < 1.29 is 9.53 Å². The minimum absolute atomic E-state index is 0. The maximum atomic E-state index is 12.3. The molecular formula is C22H33IN6O2. The zero-order valence-corrected chi connectivity index (χ0v) is 20.8. The van der Waals surface area contributed by atoms with Gasteiger partial charge in [-0.25, -0.2) is 4.98 Å². The van der Waals surface area contributed by atoms with Gasteiger partial charge in [-0.05, 0) is 43.5 Å². The van der Waals surface area contributed by atoms with Gasteiger partial charge in [0.1, 0.15) is 5.75 Å². The number of methoxy groups -OCH3 is 1. The summed E-state index contributed by atoms with van der Waals surface area (Å²) < 4.78 is 7.32. The van der Waals surface area contributed by atoms with E-state index >= 15 is 0 Å². The molecule has 8 nitrogen and oxygen atoms in total. The van der Waals surface area contributed by atoms with Crippen LogP contribution in [-0.2, 0) is 0 Å². The summed E-state index contributed by atoms with van der Waals surface area (Å²) in [5.74, 6) is 2.11. The Hall–Kier alpha value is -2.30. The van der Waals surface area contributed by atoms with Crippen molar-refractivity contribution in [3.63, 3.8) is 0 Å². The average Bonchev–Trinajstić information content (AvgIpc) is 3.31. The summed E-state index contributed by atoms with van der Waals surface area (Å²) in [6, 6.07) is 7.45. The van der Waals surface area contributed by atoms with E-state index in [1.165, 1.54) is 0 Å². The van der Waals surface area contributed by atoms with Crippen LogP contribution in [0, 0.1) is 5.92 Å². The third kappa shape index (κ3) is 6.84. The summed E-state index contributed by atoms with van der Waals surface area (Å²) in [6.07, 6.45) is 6.85. The molecule has 170 valence electrons. The Labute approximate surface area is 201 Å². The molecule has 2 N–H and O–H groups in total. The van der Waals surface area contributed by atoms with Gasteiger partial charge in [-0.1, -0.05) is 6.92 Å². The second-order valence-corrected chi connectivity index (χ2v) is 7.51. The number of benzene rings is 1. The van der Waals surface area contributed by atoms with E-state index in [0.717, 1.165) is 37.8 Å². The third-order valence-electron chi connectivity index (χ3n) is 5.47. The number of amides is 1. The largest absolute Gasteiger partial charge is 0.497 e. The predicted octanol–water partition coefficient (Wildman–Crippen LogP) is 2.79. The number of guanidine groups is 1. The van der Waals surface area contributed by atoms with Crippen LogP contribution < -0.4 is 15.4 Å². The molecule has 3 rings (SSSR count). The number of ether oxygens (including phenoxy) is 1. The lowest BCUT2D eigenvalue weighted by molar-refractivity contribution is 0.0954. The van der Waals surface area contributed by atoms with Crippen LogP contribution in [0.4, 0.5) is 0 Å². The van der Waals surface area contributed by atoms with Crippen molar-refractivity contribution in [2.24, 2.45) is 10.9 Å². The quantitative estimate of drug-likeness (QED) is 0.244. The maximum Gasteiger partial charge on any atom is 0.251 e. The number of hydrogen-bond acceptors (Lipinski definition) is 4. The molecule has 2 atom stereocenters. The number of piperidine rings is 1. The molecule has 1 saturated heterocycles. The molecule has 2 heterocycles. The molecule has 0 radical (unpaired) electrons. The molecule has 1 fully saturated rings. The minimum Gasteiger partial charge on any atom is -0.497 e. The molecule has 9 heteroatoms. The van der Waals surface area contributed by atoms with Crippen LogP contribution >= 0.6 is 24.0 Å². The number of hydrogen-bond donors (Lipinski definition) is 2. The van der Waals surface area contributed by atoms with Crippen LogP contribution in [-0.4, -0.2) is 66.2 Å². The van der Waals surface area contributed by atoms with Crippen LogP contribution in [0.3, 0.4) is 0 Å². The normalized spacial score (nSPS) is 18.8. The van der Waals surface area contributed by atoms with E-state index in [4.69, 9.17) is 9.73 Å². The molecule has 2 aromatic rings. The van der Waals surface area contributed by atoms with E-state index in [0.29, 0.717) is 30.6 Å². The molecule has 1 aliphatic heterocycles. The molecule has 31 heavy (non-hydrogen) atoms. The summed E-state index contributed by atoms with van der Waals surface area (Å²) in [5.41, 5.74) is 0.611. The van der Waals surface area contributed by atoms with Gasteiger partial charge in [-0.2, -0.15) is 0 Å². The number of imidazole rings is 1. The summed E-state index contributed by atoms with van der Waals surface area (Å²) in [6.45, 7) is 8.03. The van der Waals surface area contributed by atoms with Crippen LogP contribution in [0.1, 0.15) is 36.7 Å². The van der Waals surface area contributed by atoms with Gasteiger partial charge in [-0.15, -0.1) is 24.0 Å². The van der Waals surface area contributed by atoms with Crippen molar-refractivity contribution in [1.82, 2.24) is 25.1 Å². The minimum atomic E-state index is -0.107. The van der Waals surface area contributed by atoms with Crippen LogP contribution in [0.25, 0.3) is 0 Å². The second kappa shape index (κ2) is 12.5. The molecule has 1 aromatic heterocycles. The van der Waals surface area contributed by atoms with Crippen molar-refractivity contribution in [1.29, 1.82) is 0 Å². The smallest absolute Gasteiger partial charge is 0.251 e. The molecule has 0 saturated carbocycles. The summed E-state index contributed by atoms with van der Waals surface area (Å²) >= 11 is 0. The van der Waals surface area contributed by atoms with Gasteiger partial charge in [0.15, 0.2) is 5.96 Å². The Bertz CT molecular complexity index is 825. The zero-order chi connectivity index (χ0) is 21.3. The Kier molecular flexibility index (Phi) is 10.1. The highest BCUT2D eigenvalue weighted by Gasteiger charge is 2.28. The standard InChI is InChI=1S/C22H32N6O2.HI/c1-4-24-22(27-13-9-17(2)20(15-27)28-14-12-23-16-28)26-11-10-25-21(29)18-5-7-19(30-3)8-6-18;/h5-8,12,14,16-17,20H,4,9-11,13,15H2,1-3H3,(H,24,26)(H,25,29);1H. The topological polar surface area (TPSA) is 83.8 Å². The van der Waals surface area contributed by atoms with Gasteiger partial charge in [0.05, 0.1) is 26.0 Å². The van der Waals surface area contributed by atoms with E-state index < -0.39 is 0 Å². The lowest BCUT2D eigenvalue weighted by atomic mass is 9.93. The fourth-order valence-electron chi connectivity index (χ4n) is 3.70. The SMILES string of the molecule is CCNC(=NCCNC(=O)c1ccc(OC)cc1)N1CCC(C)C(n2ccnc2)C1.I. The van der Waals surface area contributed by atoms with E-state index in [2.05, 4.69) is 38.9 Å². The van der Waals surface area contributed by atoms with Gasteiger partial charge in [0, 0.05) is 44.1 Å². The van der Waals surface area contributed by atoms with Crippen molar-refractivity contribution in [2.75, 3.05) is 39.8 Å². The Morgan fingerprint density at radius 3 is 2.71 bits per heavy atom. The van der Waals surface area contributed by atoms with E-state index in [9.17, 15) is 4.79 Å². The molecule has 1 amide bonds. The number of aromatic nitrogens is 2. The van der Waals surface area contributed by atoms with Gasteiger partial charge in [-0.3, -0.25) is 9.79 Å². The molecular weight excluding hydrogens is 507 g/mol. The first-order valence-corrected chi connectivity index (χ1v) is 10.5. The molecule has 0 spiro atoms. The molecule has 1 aromatic carbocycles. The molecule has 2 unspecified atom stereocenters. The number of likely N-dealkylation sites (tertiary alicyclic amines) is 1. The number of rotatable bonds is 7. The Morgan fingerprint density at radius 2 is 2.06 bits per heavy atom. The van der Waals surface area contributed by atoms with Crippen molar-refractivity contribution in [3.8, 4) is 5.75 Å². The number of nitrogens with one attached hydrogen (secondary N) is 2. The van der Waals surface area contributed by atoms with E-state index in [1.807, 2.05) is 18.7 Å². The van der Waals surface area contributed by atoms with E-state index in [1.54, 1.807) is 31.4 Å². The summed E-state index contributed by atoms with van der Waals surface area (Å²) in [5, 5.41) is 6.32. The first-order chi connectivity index (χ1) is 14.6. The van der Waals surface area contributed by atoms with E-state index in [-0.39, 0.29) is 29.9 Å². The van der Waals surface area contributed by atoms with Crippen LogP contribution in [0.2, 0.25) is 0 Å². The fraction of sp³-hybridized carbons (Fsp3) is 0.500. The van der Waals surface area contributed by atoms with Crippen LogP contribution in [0.15, 0.2) is 48.0 Å². The lowest BCUT2D eigenvalue weighted by Gasteiger charge is -2.39. The first-order valence-electron chi connectivity index (χ1n) is 10.5. The first kappa shape index (κ1) is 25.0. The molecule has 0 bridgehead atoms. The summed E-state index contributed by atoms with van der Waals surface area (Å²) in [4.78, 5) is 23.5. The highest BCUT2D eigenvalue weighted by molar-refractivity contribution is 14.0. The highest BCUT2D eigenvalue weighted by atomic mass is 127. The Morgan fingerprint density at radius 1 is 1.29 bits per heavy atom. The highest BCUT2D eigenvalue weighted by Crippen LogP contribution is 2.27. The average molecular weight is 540 g/mol. The lowest BCUT2D eigenvalue weighted by Crippen LogP contribution is -2.49. The molecule has 1 aliphatic rings. The zero-order valence-electron chi connectivity index (χ0n) is 18.5. The Balaban J connectivity index is 0.00000341. The maximum absolute atomic E-state index is 12.3.